The summed E-state index contributed by atoms with van der Waals surface area (Å²) in [6.45, 7) is 0. The second-order valence-electron chi connectivity index (χ2n) is 16.1. The molecule has 0 aromatic heterocycles. The summed E-state index contributed by atoms with van der Waals surface area (Å²) in [5.41, 5.74) is 16.2. The molecule has 0 nitrogen and oxygen atoms in total. The number of hydrogen-bond donors (Lipinski definition) is 0. The summed E-state index contributed by atoms with van der Waals surface area (Å²) in [7, 11) is -3.44. The van der Waals surface area contributed by atoms with E-state index in [0.29, 0.717) is 0 Å². The lowest BCUT2D eigenvalue weighted by Crippen LogP contribution is -2.53. The van der Waals surface area contributed by atoms with E-state index in [2.05, 4.69) is 0 Å². The Balaban J connectivity index is 1.49. The Morgan fingerprint density at radius 2 is 0.375 bits per heavy atom. The normalized spacial score (nSPS) is 28.7. The molecular formula is C38H66Si2. The molecule has 0 spiro atoms. The highest BCUT2D eigenvalue weighted by Crippen LogP contribution is 2.59. The standard InChI is InChI=1S/C38H66Si2/c1-7-19-33(20-8-1)39(34-21-9-2-10-22-34,35-23-11-3-12-24-35)31-32-40(36-25-13-4-14-26-36,37-27-15-5-16-28-37)38-29-17-6-18-30-38/h33-38H,1-30H2. The minimum Gasteiger partial charge on any atom is -0.137 e. The lowest BCUT2D eigenvalue weighted by atomic mass is 9.98. The molecule has 6 rings (SSSR count). The van der Waals surface area contributed by atoms with Crippen LogP contribution >= 0.6 is 0 Å². The summed E-state index contributed by atoms with van der Waals surface area (Å²) < 4.78 is 0. The average molecular weight is 579 g/mol. The molecule has 6 aliphatic rings. The van der Waals surface area contributed by atoms with Gasteiger partial charge in [0.25, 0.3) is 0 Å². The van der Waals surface area contributed by atoms with Crippen molar-refractivity contribution in [2.75, 3.05) is 0 Å². The molecule has 0 aromatic rings. The molecule has 2 heteroatoms. The molecule has 0 atom stereocenters. The van der Waals surface area contributed by atoms with Crippen LogP contribution in [0.25, 0.3) is 0 Å². The van der Waals surface area contributed by atoms with Gasteiger partial charge in [0.05, 0.1) is 0 Å². The maximum Gasteiger partial charge on any atom is 0.146 e. The quantitative estimate of drug-likeness (QED) is 0.217. The zero-order valence-electron chi connectivity index (χ0n) is 26.7. The van der Waals surface area contributed by atoms with Crippen LogP contribution in [0.1, 0.15) is 193 Å². The fourth-order valence-corrected chi connectivity index (χ4v) is 27.4. The molecule has 6 aliphatic carbocycles. The summed E-state index contributed by atoms with van der Waals surface area (Å²) >= 11 is 0. The molecule has 40 heavy (non-hydrogen) atoms. The van der Waals surface area contributed by atoms with Crippen molar-refractivity contribution in [1.82, 2.24) is 0 Å². The first-order valence-corrected chi connectivity index (χ1v) is 23.8. The Morgan fingerprint density at radius 1 is 0.225 bits per heavy atom. The van der Waals surface area contributed by atoms with E-state index in [9.17, 15) is 0 Å². The van der Waals surface area contributed by atoms with E-state index < -0.39 is 16.1 Å². The third-order valence-electron chi connectivity index (χ3n) is 14.2. The monoisotopic (exact) mass is 578 g/mol. The Morgan fingerprint density at radius 3 is 0.525 bits per heavy atom. The Kier molecular flexibility index (Phi) is 11.0. The van der Waals surface area contributed by atoms with Crippen molar-refractivity contribution in [3.05, 3.63) is 0 Å². The van der Waals surface area contributed by atoms with Gasteiger partial charge in [0.15, 0.2) is 0 Å². The van der Waals surface area contributed by atoms with Crippen LogP contribution in [-0.2, 0) is 0 Å². The molecule has 0 heterocycles. The zero-order valence-corrected chi connectivity index (χ0v) is 28.7. The van der Waals surface area contributed by atoms with Crippen LogP contribution in [0, 0.1) is 11.1 Å². The summed E-state index contributed by atoms with van der Waals surface area (Å²) in [6, 6.07) is 0. The van der Waals surface area contributed by atoms with E-state index in [1.54, 1.807) is 77.0 Å². The molecule has 226 valence electrons. The first kappa shape index (κ1) is 30.0. The third-order valence-corrected chi connectivity index (χ3v) is 27.1. The van der Waals surface area contributed by atoms with Crippen LogP contribution in [-0.4, -0.2) is 16.1 Å². The second-order valence-corrected chi connectivity index (χ2v) is 25.3. The molecule has 0 bridgehead atoms. The van der Waals surface area contributed by atoms with Gasteiger partial charge >= 0.3 is 0 Å². The number of hydrogen-bond acceptors (Lipinski definition) is 0. The van der Waals surface area contributed by atoms with Gasteiger partial charge in [-0.3, -0.25) is 0 Å². The van der Waals surface area contributed by atoms with Crippen molar-refractivity contribution >= 4 is 16.1 Å². The minimum absolute atomic E-state index is 1.07. The average Bonchev–Trinajstić information content (AvgIpc) is 3.06. The molecule has 0 amide bonds. The lowest BCUT2D eigenvalue weighted by molar-refractivity contribution is 0.420. The summed E-state index contributed by atoms with van der Waals surface area (Å²) in [6.07, 6.45) is 46.6. The van der Waals surface area contributed by atoms with Crippen molar-refractivity contribution in [2.24, 2.45) is 0 Å². The van der Waals surface area contributed by atoms with Gasteiger partial charge in [0.2, 0.25) is 0 Å². The molecular weight excluding hydrogens is 513 g/mol. The predicted molar refractivity (Wildman–Crippen MR) is 180 cm³/mol. The van der Waals surface area contributed by atoms with Crippen LogP contribution in [0.3, 0.4) is 0 Å². The van der Waals surface area contributed by atoms with Gasteiger partial charge in [0, 0.05) is 0 Å². The van der Waals surface area contributed by atoms with E-state index in [1.807, 2.05) is 0 Å². The molecule has 0 saturated heterocycles. The maximum absolute atomic E-state index is 4.93. The maximum atomic E-state index is 4.93. The fraction of sp³-hybridized carbons (Fsp3) is 0.947. The minimum atomic E-state index is -1.72. The smallest absolute Gasteiger partial charge is 0.137 e. The molecule has 0 N–H and O–H groups in total. The molecule has 6 saturated carbocycles. The van der Waals surface area contributed by atoms with Gasteiger partial charge in [-0.2, -0.15) is 0 Å². The van der Waals surface area contributed by atoms with Gasteiger partial charge in [-0.05, 0) is 33.2 Å². The topological polar surface area (TPSA) is 0 Å². The van der Waals surface area contributed by atoms with Crippen molar-refractivity contribution in [3.8, 4) is 11.1 Å². The van der Waals surface area contributed by atoms with E-state index in [-0.39, 0.29) is 0 Å². The summed E-state index contributed by atoms with van der Waals surface area (Å²) in [5, 5.41) is 0. The van der Waals surface area contributed by atoms with E-state index in [4.69, 9.17) is 11.1 Å². The molecule has 6 fully saturated rings. The van der Waals surface area contributed by atoms with Crippen LogP contribution in [0.2, 0.25) is 33.2 Å². The second kappa shape index (κ2) is 14.6. The predicted octanol–water partition coefficient (Wildman–Crippen LogP) is 13.0. The largest absolute Gasteiger partial charge is 0.146 e. The van der Waals surface area contributed by atoms with Crippen molar-refractivity contribution in [2.45, 2.75) is 226 Å². The molecule has 0 aliphatic heterocycles. The molecule has 0 aromatic carbocycles. The van der Waals surface area contributed by atoms with Gasteiger partial charge in [-0.1, -0.05) is 193 Å². The van der Waals surface area contributed by atoms with Gasteiger partial charge in [0.1, 0.15) is 16.1 Å². The SMILES string of the molecule is C(#C[Si](C1CCCCC1)(C1CCCCC1)C1CCCCC1)[Si](C1CCCCC1)(C1CCCCC1)C1CCCCC1. The van der Waals surface area contributed by atoms with E-state index in [0.717, 1.165) is 33.2 Å². The zero-order chi connectivity index (χ0) is 27.1. The third kappa shape index (κ3) is 6.28. The fourth-order valence-electron chi connectivity index (χ4n) is 12.3. The number of rotatable bonds is 6. The Labute approximate surface area is 252 Å². The molecule has 0 radical (unpaired) electrons. The summed E-state index contributed by atoms with van der Waals surface area (Å²) in [4.78, 5) is 0. The van der Waals surface area contributed by atoms with Crippen LogP contribution in [0.15, 0.2) is 0 Å². The Bertz CT molecular complexity index is 643. The van der Waals surface area contributed by atoms with Gasteiger partial charge in [-0.25, -0.2) is 0 Å². The van der Waals surface area contributed by atoms with Gasteiger partial charge in [-0.15, -0.1) is 11.1 Å². The van der Waals surface area contributed by atoms with Gasteiger partial charge < -0.3 is 0 Å². The molecule has 0 unspecified atom stereocenters. The van der Waals surface area contributed by atoms with Crippen molar-refractivity contribution < 1.29 is 0 Å². The van der Waals surface area contributed by atoms with Crippen molar-refractivity contribution in [3.63, 3.8) is 0 Å². The van der Waals surface area contributed by atoms with Crippen LogP contribution in [0.5, 0.6) is 0 Å². The van der Waals surface area contributed by atoms with Crippen molar-refractivity contribution in [1.29, 1.82) is 0 Å². The Hall–Kier alpha value is -0.00623. The highest BCUT2D eigenvalue weighted by atomic mass is 28.3. The van der Waals surface area contributed by atoms with Crippen LogP contribution in [0.4, 0.5) is 0 Å². The highest BCUT2D eigenvalue weighted by molar-refractivity contribution is 6.96. The lowest BCUT2D eigenvalue weighted by Gasteiger charge is -2.52. The first-order chi connectivity index (χ1) is 19.8. The van der Waals surface area contributed by atoms with E-state index in [1.165, 1.54) is 116 Å². The first-order valence-electron chi connectivity index (χ1n) is 19.4. The van der Waals surface area contributed by atoms with E-state index >= 15 is 0 Å². The van der Waals surface area contributed by atoms with Crippen LogP contribution < -0.4 is 0 Å². The highest BCUT2D eigenvalue weighted by Gasteiger charge is 2.55. The summed E-state index contributed by atoms with van der Waals surface area (Å²) in [5.74, 6) is 0.